The third-order valence-corrected chi connectivity index (χ3v) is 5.92. The Morgan fingerprint density at radius 2 is 1.76 bits per heavy atom. The molecule has 9 heteroatoms. The number of hydrogen-bond acceptors (Lipinski definition) is 6. The van der Waals surface area contributed by atoms with Crippen LogP contribution >= 0.6 is 0 Å². The number of nitrogens with zero attached hydrogens (tertiary/aromatic N) is 5. The molecule has 1 fully saturated rings. The lowest BCUT2D eigenvalue weighted by Gasteiger charge is -2.35. The molecule has 0 aliphatic carbocycles. The van der Waals surface area contributed by atoms with Crippen LogP contribution in [0.2, 0.25) is 0 Å². The summed E-state index contributed by atoms with van der Waals surface area (Å²) in [6.07, 6.45) is 2.51. The first kappa shape index (κ1) is 21.4. The number of piperazine rings is 1. The molecule has 33 heavy (non-hydrogen) atoms. The first-order chi connectivity index (χ1) is 16.1. The van der Waals surface area contributed by atoms with Gasteiger partial charge in [0.1, 0.15) is 29.6 Å². The summed E-state index contributed by atoms with van der Waals surface area (Å²) < 4.78 is 27.4. The number of carbonyl (C=O) groups excluding carboxylic acids is 1. The Balaban J connectivity index is 1.37. The SMILES string of the molecule is O=C1c2cc(F)ccc2OCCCn2cc(nn2)COc2ccc(cc2)CN2CCN1CC2. The molecule has 0 spiro atoms. The predicted octanol–water partition coefficient (Wildman–Crippen LogP) is 2.74. The lowest BCUT2D eigenvalue weighted by molar-refractivity contribution is 0.0623. The van der Waals surface area contributed by atoms with Crippen molar-refractivity contribution < 1.29 is 18.7 Å². The van der Waals surface area contributed by atoms with E-state index >= 15 is 0 Å². The van der Waals surface area contributed by atoms with Crippen molar-refractivity contribution in [2.75, 3.05) is 32.8 Å². The highest BCUT2D eigenvalue weighted by molar-refractivity contribution is 5.97. The summed E-state index contributed by atoms with van der Waals surface area (Å²) in [4.78, 5) is 17.2. The first-order valence-corrected chi connectivity index (χ1v) is 11.2. The van der Waals surface area contributed by atoms with Gasteiger partial charge in [-0.2, -0.15) is 0 Å². The van der Waals surface area contributed by atoms with Crippen LogP contribution in [0.25, 0.3) is 0 Å². The quantitative estimate of drug-likeness (QED) is 0.523. The van der Waals surface area contributed by atoms with Gasteiger partial charge in [-0.05, 0) is 35.9 Å². The zero-order chi connectivity index (χ0) is 22.6. The monoisotopic (exact) mass is 451 g/mol. The topological polar surface area (TPSA) is 72.7 Å². The molecule has 2 aromatic carbocycles. The maximum atomic E-state index is 14.0. The molecule has 4 aliphatic heterocycles. The van der Waals surface area contributed by atoms with Gasteiger partial charge in [0, 0.05) is 45.7 Å². The number of amides is 1. The molecular weight excluding hydrogens is 425 g/mol. The third kappa shape index (κ3) is 5.14. The van der Waals surface area contributed by atoms with Gasteiger partial charge in [0.25, 0.3) is 5.91 Å². The second-order valence-electron chi connectivity index (χ2n) is 8.32. The number of fused-ring (bicyclic) bond motifs is 2. The number of hydrogen-bond donors (Lipinski definition) is 0. The van der Waals surface area contributed by atoms with Crippen LogP contribution in [0.3, 0.4) is 0 Å². The van der Waals surface area contributed by atoms with Crippen molar-refractivity contribution >= 4 is 5.91 Å². The number of carbonyl (C=O) groups is 1. The molecule has 0 saturated carbocycles. The van der Waals surface area contributed by atoms with Crippen molar-refractivity contribution in [3.63, 3.8) is 0 Å². The summed E-state index contributed by atoms with van der Waals surface area (Å²) in [7, 11) is 0. The Morgan fingerprint density at radius 3 is 2.58 bits per heavy atom. The molecule has 7 rings (SSSR count). The summed E-state index contributed by atoms with van der Waals surface area (Å²) in [5, 5.41) is 8.29. The van der Waals surface area contributed by atoms with E-state index in [4.69, 9.17) is 9.47 Å². The number of rotatable bonds is 0. The van der Waals surface area contributed by atoms with E-state index < -0.39 is 5.82 Å². The van der Waals surface area contributed by atoms with E-state index in [1.807, 2.05) is 18.3 Å². The Hall–Kier alpha value is -3.46. The predicted molar refractivity (Wildman–Crippen MR) is 118 cm³/mol. The molecule has 1 saturated heterocycles. The summed E-state index contributed by atoms with van der Waals surface area (Å²) in [6, 6.07) is 12.2. The number of aromatic nitrogens is 3. The number of benzene rings is 2. The van der Waals surface area contributed by atoms with E-state index in [0.29, 0.717) is 45.0 Å². The smallest absolute Gasteiger partial charge is 0.257 e. The number of ether oxygens (including phenoxy) is 2. The molecule has 1 aromatic heterocycles. The van der Waals surface area contributed by atoms with E-state index in [2.05, 4.69) is 27.3 Å². The van der Waals surface area contributed by atoms with Crippen LogP contribution in [0.1, 0.15) is 28.0 Å². The molecule has 3 aromatic rings. The highest BCUT2D eigenvalue weighted by Gasteiger charge is 2.25. The Morgan fingerprint density at radius 1 is 0.939 bits per heavy atom. The number of halogens is 1. The summed E-state index contributed by atoms with van der Waals surface area (Å²) in [5.41, 5.74) is 2.19. The molecule has 6 bridgehead atoms. The fraction of sp³-hybridized carbons (Fsp3) is 0.375. The lowest BCUT2D eigenvalue weighted by Crippen LogP contribution is -2.48. The molecule has 0 unspecified atom stereocenters. The Labute approximate surface area is 191 Å². The van der Waals surface area contributed by atoms with E-state index in [-0.39, 0.29) is 11.5 Å². The van der Waals surface area contributed by atoms with E-state index in [9.17, 15) is 9.18 Å². The lowest BCUT2D eigenvalue weighted by atomic mass is 10.1. The number of aryl methyl sites for hydroxylation is 1. The third-order valence-electron chi connectivity index (χ3n) is 5.92. The molecule has 8 nitrogen and oxygen atoms in total. The van der Waals surface area contributed by atoms with Crippen LogP contribution < -0.4 is 9.47 Å². The van der Waals surface area contributed by atoms with Gasteiger partial charge < -0.3 is 14.4 Å². The molecule has 172 valence electrons. The fourth-order valence-electron chi connectivity index (χ4n) is 4.10. The fourth-order valence-corrected chi connectivity index (χ4v) is 4.10. The molecule has 0 N–H and O–H groups in total. The van der Waals surface area contributed by atoms with Crippen LogP contribution in [0.15, 0.2) is 48.7 Å². The molecule has 0 radical (unpaired) electrons. The van der Waals surface area contributed by atoms with Gasteiger partial charge >= 0.3 is 0 Å². The minimum absolute atomic E-state index is 0.197. The van der Waals surface area contributed by atoms with Gasteiger partial charge in [-0.25, -0.2) is 4.39 Å². The average molecular weight is 452 g/mol. The van der Waals surface area contributed by atoms with Crippen molar-refractivity contribution in [1.29, 1.82) is 0 Å². The van der Waals surface area contributed by atoms with Crippen LogP contribution in [0.5, 0.6) is 11.5 Å². The van der Waals surface area contributed by atoms with E-state index in [1.165, 1.54) is 23.8 Å². The maximum absolute atomic E-state index is 14.0. The van der Waals surface area contributed by atoms with Crippen molar-refractivity contribution in [1.82, 2.24) is 24.8 Å². The van der Waals surface area contributed by atoms with Gasteiger partial charge in [-0.15, -0.1) is 5.10 Å². The average Bonchev–Trinajstić information content (AvgIpc) is 3.29. The van der Waals surface area contributed by atoms with Gasteiger partial charge in [0.15, 0.2) is 0 Å². The molecule has 4 aliphatic rings. The Kier molecular flexibility index (Phi) is 6.21. The largest absolute Gasteiger partial charge is 0.493 e. The van der Waals surface area contributed by atoms with Gasteiger partial charge in [-0.3, -0.25) is 14.4 Å². The van der Waals surface area contributed by atoms with Crippen molar-refractivity contribution in [3.8, 4) is 11.5 Å². The molecule has 0 atom stereocenters. The summed E-state index contributed by atoms with van der Waals surface area (Å²) in [6.45, 7) is 4.80. The Bertz CT molecular complexity index is 1110. The van der Waals surface area contributed by atoms with Crippen molar-refractivity contribution in [2.45, 2.75) is 26.1 Å². The van der Waals surface area contributed by atoms with E-state index in [0.717, 1.165) is 31.1 Å². The van der Waals surface area contributed by atoms with Crippen molar-refractivity contribution in [2.24, 2.45) is 0 Å². The minimum Gasteiger partial charge on any atom is -0.493 e. The molecular formula is C24H26FN5O3. The van der Waals surface area contributed by atoms with Crippen LogP contribution in [-0.2, 0) is 19.7 Å². The minimum atomic E-state index is -0.448. The van der Waals surface area contributed by atoms with Crippen LogP contribution in [-0.4, -0.2) is 63.5 Å². The zero-order valence-electron chi connectivity index (χ0n) is 18.3. The summed E-state index contributed by atoms with van der Waals surface area (Å²) >= 11 is 0. The van der Waals surface area contributed by atoms with Gasteiger partial charge in [-0.1, -0.05) is 17.3 Å². The zero-order valence-corrected chi connectivity index (χ0v) is 18.3. The highest BCUT2D eigenvalue weighted by Crippen LogP contribution is 2.23. The van der Waals surface area contributed by atoms with Gasteiger partial charge in [0.2, 0.25) is 0 Å². The molecule has 1 amide bonds. The second-order valence-corrected chi connectivity index (χ2v) is 8.32. The van der Waals surface area contributed by atoms with E-state index in [1.54, 1.807) is 9.58 Å². The normalized spacial score (nSPS) is 17.7. The summed E-state index contributed by atoms with van der Waals surface area (Å²) in [5.74, 6) is 0.545. The second kappa shape index (κ2) is 9.58. The highest BCUT2D eigenvalue weighted by atomic mass is 19.1. The maximum Gasteiger partial charge on any atom is 0.257 e. The van der Waals surface area contributed by atoms with Crippen LogP contribution in [0, 0.1) is 5.82 Å². The molecule has 5 heterocycles. The standard InChI is InChI=1S/C24H26FN5O3/c25-19-4-7-23-22(14-19)24(31)29-11-9-28(10-12-29)15-18-2-5-21(6-3-18)33-17-20-16-30(27-26-20)8-1-13-32-23/h2-7,14,16H,1,8-13,15,17H2. The van der Waals surface area contributed by atoms with Gasteiger partial charge in [0.05, 0.1) is 18.4 Å². The van der Waals surface area contributed by atoms with Crippen LogP contribution in [0.4, 0.5) is 4.39 Å². The van der Waals surface area contributed by atoms with Crippen molar-refractivity contribution in [3.05, 3.63) is 71.3 Å². The first-order valence-electron chi connectivity index (χ1n) is 11.2.